The Labute approximate surface area is 379 Å². The molecule has 0 bridgehead atoms. The number of aliphatic hydroxyl groups is 13. The van der Waals surface area contributed by atoms with Gasteiger partial charge in [0, 0.05) is 24.2 Å². The average molecular weight is 937 g/mol. The second kappa shape index (κ2) is 18.7. The molecule has 8 fully saturated rings. The second-order valence-corrected chi connectivity index (χ2v) is 21.7. The molecular weight excluding hydrogens is 860 g/mol. The first-order valence-electron chi connectivity index (χ1n) is 23.9. The van der Waals surface area contributed by atoms with Crippen LogP contribution in [-0.4, -0.2) is 208 Å². The predicted molar refractivity (Wildman–Crippen MR) is 220 cm³/mol. The molecule has 0 aromatic carbocycles. The third-order valence-electron chi connectivity index (χ3n) is 18.1. The van der Waals surface area contributed by atoms with Crippen LogP contribution in [0, 0.1) is 46.3 Å². The molecule has 4 heterocycles. The zero-order valence-electron chi connectivity index (χ0n) is 38.0. The highest BCUT2D eigenvalue weighted by molar-refractivity contribution is 5.20. The van der Waals surface area contributed by atoms with Gasteiger partial charge in [-0.05, 0) is 86.9 Å². The fourth-order valence-electron chi connectivity index (χ4n) is 14.1. The Hall–Kier alpha value is -0.800. The Morgan fingerprint density at radius 3 is 2.00 bits per heavy atom. The molecule has 8 aliphatic rings. The Morgan fingerprint density at radius 2 is 1.31 bits per heavy atom. The molecule has 4 saturated heterocycles. The minimum absolute atomic E-state index is 0.0346. The number of rotatable bonds is 12. The molecule has 4 saturated carbocycles. The van der Waals surface area contributed by atoms with E-state index in [9.17, 15) is 66.4 Å². The molecule has 0 spiro atoms. The van der Waals surface area contributed by atoms with Crippen LogP contribution in [0.25, 0.3) is 0 Å². The van der Waals surface area contributed by atoms with Crippen LogP contribution in [0.1, 0.15) is 92.4 Å². The third kappa shape index (κ3) is 8.47. The van der Waals surface area contributed by atoms with E-state index in [0.29, 0.717) is 38.5 Å². The van der Waals surface area contributed by atoms with Crippen molar-refractivity contribution in [2.75, 3.05) is 19.8 Å². The first-order chi connectivity index (χ1) is 30.5. The minimum atomic E-state index is -1.70. The van der Waals surface area contributed by atoms with Gasteiger partial charge >= 0.3 is 0 Å². The summed E-state index contributed by atoms with van der Waals surface area (Å²) in [6, 6.07) is 0. The van der Waals surface area contributed by atoms with E-state index in [-0.39, 0.29) is 60.1 Å². The summed E-state index contributed by atoms with van der Waals surface area (Å²) in [6.07, 6.45) is -18.9. The van der Waals surface area contributed by atoms with Gasteiger partial charge in [0.15, 0.2) is 24.7 Å². The summed E-state index contributed by atoms with van der Waals surface area (Å²) in [5.74, 6) is -1.30. The molecular formula is C45H76O20. The van der Waals surface area contributed by atoms with E-state index in [1.807, 2.05) is 13.8 Å². The van der Waals surface area contributed by atoms with E-state index in [0.717, 1.165) is 12.8 Å². The van der Waals surface area contributed by atoms with E-state index in [2.05, 4.69) is 13.8 Å². The van der Waals surface area contributed by atoms with Crippen molar-refractivity contribution in [3.63, 3.8) is 0 Å². The quantitative estimate of drug-likeness (QED) is 0.0888. The standard InChI is InChI=1S/C45H76O20/c1-18(17-59-39-35(54)33(52)31(50)26(15-46)62-39)6-11-45(58)19(2)29-25(65-45)13-24-22-12-28(48)44(57)14-21(7-10-43(44,5)23(22)8-9-42(24,29)4)61-41-37(56)34(53)38(27(16-47)63-41)64-40-36(55)32(51)30(49)20(3)60-40/h18-41,46-58H,6-17H2,1-5H3/t18-,19-,20-,21-,22+,23-,24-,25-,26+,27+,28-,29-,30-,31+,32+,33-,34+,35+,36+,37+,38+,39+,40-,41+,42-,43+,44+,45-/m0/s1. The Bertz CT molecular complexity index is 1630. The van der Waals surface area contributed by atoms with Crippen molar-refractivity contribution in [3.8, 4) is 0 Å². The highest BCUT2D eigenvalue weighted by atomic mass is 16.7. The molecule has 0 amide bonds. The van der Waals surface area contributed by atoms with Gasteiger partial charge in [-0.2, -0.15) is 0 Å². The van der Waals surface area contributed by atoms with Crippen LogP contribution in [0.2, 0.25) is 0 Å². The van der Waals surface area contributed by atoms with Gasteiger partial charge in [0.2, 0.25) is 0 Å². The fraction of sp³-hybridized carbons (Fsp3) is 1.00. The van der Waals surface area contributed by atoms with E-state index < -0.39 is 134 Å². The average Bonchev–Trinajstić information content (AvgIpc) is 3.71. The van der Waals surface area contributed by atoms with Crippen molar-refractivity contribution < 1.29 is 99.5 Å². The molecule has 8 rings (SSSR count). The summed E-state index contributed by atoms with van der Waals surface area (Å²) in [4.78, 5) is 0. The van der Waals surface area contributed by atoms with Crippen LogP contribution in [0.3, 0.4) is 0 Å². The van der Waals surface area contributed by atoms with Gasteiger partial charge in [-0.1, -0.05) is 27.7 Å². The monoisotopic (exact) mass is 936 g/mol. The highest BCUT2D eigenvalue weighted by Gasteiger charge is 2.72. The number of fused-ring (bicyclic) bond motifs is 7. The van der Waals surface area contributed by atoms with Crippen LogP contribution >= 0.6 is 0 Å². The van der Waals surface area contributed by atoms with E-state index in [1.165, 1.54) is 6.92 Å². The van der Waals surface area contributed by atoms with Gasteiger partial charge in [-0.25, -0.2) is 0 Å². The summed E-state index contributed by atoms with van der Waals surface area (Å²) in [5, 5.41) is 140. The lowest BCUT2D eigenvalue weighted by Crippen LogP contribution is -2.69. The molecule has 28 atom stereocenters. The van der Waals surface area contributed by atoms with Gasteiger partial charge < -0.3 is 99.5 Å². The molecule has 0 aromatic rings. The van der Waals surface area contributed by atoms with Crippen LogP contribution in [-0.2, 0) is 33.2 Å². The Kier molecular flexibility index (Phi) is 14.6. The Morgan fingerprint density at radius 1 is 0.677 bits per heavy atom. The third-order valence-corrected chi connectivity index (χ3v) is 18.1. The SMILES string of the molecule is C[C@@H](CC[C@]1(O)O[C@H]2C[C@H]3[C@@H]4C[C@H](O)[C@]5(O)C[C@@H](O[C@@H]6O[C@H](CO)[C@@H](O[C@@H]7O[C@@H](C)[C@H](O)[C@@H](O)[C@H]7O)[C@H](O)[C@H]6O)CC[C@]5(C)[C@H]4CC[C@]3(C)[C@H]2[C@@H]1C)CO[C@@H]1O[C@H](CO)[C@@H](O)[C@H](O)[C@H]1O. The maximum atomic E-state index is 12.6. The van der Waals surface area contributed by atoms with Gasteiger partial charge in [-0.15, -0.1) is 0 Å². The number of aliphatic hydroxyl groups excluding tert-OH is 11. The number of hydrogen-bond donors (Lipinski definition) is 13. The molecule has 376 valence electrons. The van der Waals surface area contributed by atoms with E-state index >= 15 is 0 Å². The molecule has 0 radical (unpaired) electrons. The maximum absolute atomic E-state index is 12.6. The first kappa shape index (κ1) is 50.6. The zero-order valence-corrected chi connectivity index (χ0v) is 38.0. The van der Waals surface area contributed by atoms with Gasteiger partial charge in [-0.3, -0.25) is 0 Å². The van der Waals surface area contributed by atoms with E-state index in [4.69, 9.17) is 33.2 Å². The van der Waals surface area contributed by atoms with Crippen LogP contribution < -0.4 is 0 Å². The van der Waals surface area contributed by atoms with Crippen molar-refractivity contribution in [1.82, 2.24) is 0 Å². The lowest BCUT2D eigenvalue weighted by molar-refractivity contribution is -0.364. The lowest BCUT2D eigenvalue weighted by atomic mass is 9.42. The minimum Gasteiger partial charge on any atom is -0.394 e. The van der Waals surface area contributed by atoms with E-state index in [1.54, 1.807) is 0 Å². The lowest BCUT2D eigenvalue weighted by Gasteiger charge is -2.65. The van der Waals surface area contributed by atoms with Crippen molar-refractivity contribution in [2.24, 2.45) is 46.3 Å². The molecule has 0 aromatic heterocycles. The van der Waals surface area contributed by atoms with Crippen molar-refractivity contribution in [3.05, 3.63) is 0 Å². The van der Waals surface area contributed by atoms with Crippen molar-refractivity contribution in [1.29, 1.82) is 0 Å². The molecule has 4 aliphatic carbocycles. The van der Waals surface area contributed by atoms with Gasteiger partial charge in [0.05, 0.1) is 49.8 Å². The summed E-state index contributed by atoms with van der Waals surface area (Å²) < 4.78 is 41.3. The highest BCUT2D eigenvalue weighted by Crippen LogP contribution is 2.71. The smallest absolute Gasteiger partial charge is 0.187 e. The summed E-state index contributed by atoms with van der Waals surface area (Å²) in [5.41, 5.74) is -2.44. The molecule has 20 heteroatoms. The molecule has 13 N–H and O–H groups in total. The Balaban J connectivity index is 0.869. The molecule has 0 unspecified atom stereocenters. The van der Waals surface area contributed by atoms with Crippen LogP contribution in [0.4, 0.5) is 0 Å². The van der Waals surface area contributed by atoms with Gasteiger partial charge in [0.25, 0.3) is 0 Å². The number of ether oxygens (including phenoxy) is 7. The second-order valence-electron chi connectivity index (χ2n) is 21.7. The predicted octanol–water partition coefficient (Wildman–Crippen LogP) is -2.67. The van der Waals surface area contributed by atoms with Crippen LogP contribution in [0.15, 0.2) is 0 Å². The van der Waals surface area contributed by atoms with Crippen molar-refractivity contribution in [2.45, 2.75) is 214 Å². The molecule has 20 nitrogen and oxygen atoms in total. The fourth-order valence-corrected chi connectivity index (χ4v) is 14.1. The maximum Gasteiger partial charge on any atom is 0.187 e. The van der Waals surface area contributed by atoms with Crippen molar-refractivity contribution >= 4 is 0 Å². The normalized spacial score (nSPS) is 57.2. The first-order valence-corrected chi connectivity index (χ1v) is 23.9. The molecule has 4 aliphatic heterocycles. The largest absolute Gasteiger partial charge is 0.394 e. The summed E-state index contributed by atoms with van der Waals surface area (Å²) in [6.45, 7) is 8.69. The van der Waals surface area contributed by atoms with Gasteiger partial charge in [0.1, 0.15) is 67.1 Å². The number of hydrogen-bond acceptors (Lipinski definition) is 20. The summed E-state index contributed by atoms with van der Waals surface area (Å²) in [7, 11) is 0. The van der Waals surface area contributed by atoms with Crippen LogP contribution in [0.5, 0.6) is 0 Å². The topological polar surface area (TPSA) is 328 Å². The summed E-state index contributed by atoms with van der Waals surface area (Å²) >= 11 is 0. The zero-order chi connectivity index (χ0) is 47.3. The molecule has 65 heavy (non-hydrogen) atoms.